The Bertz CT molecular complexity index is 108. The van der Waals surface area contributed by atoms with Crippen LogP contribution in [-0.4, -0.2) is 52.7 Å². The second-order valence-corrected chi connectivity index (χ2v) is 2.12. The van der Waals surface area contributed by atoms with Crippen molar-refractivity contribution in [1.29, 1.82) is 0 Å². The molecule has 0 heterocycles. The summed E-state index contributed by atoms with van der Waals surface area (Å²) in [5.41, 5.74) is 10.6. The summed E-state index contributed by atoms with van der Waals surface area (Å²) in [6.45, 7) is 1.69. The molecule has 0 saturated heterocycles. The van der Waals surface area contributed by atoms with Crippen LogP contribution in [0.3, 0.4) is 0 Å². The van der Waals surface area contributed by atoms with Crippen molar-refractivity contribution < 1.29 is 9.90 Å². The second kappa shape index (κ2) is 6.12. The number of carboxylic acid groups (broad SMARTS) is 1. The summed E-state index contributed by atoms with van der Waals surface area (Å²) >= 11 is 0. The van der Waals surface area contributed by atoms with Gasteiger partial charge >= 0.3 is 35.5 Å². The molecular weight excluding hydrogens is 143 g/mol. The second-order valence-electron chi connectivity index (χ2n) is 2.12. The van der Waals surface area contributed by atoms with E-state index >= 15 is 0 Å². The van der Waals surface area contributed by atoms with E-state index in [0.29, 0.717) is 0 Å². The molecule has 0 spiro atoms. The van der Waals surface area contributed by atoms with Crippen LogP contribution in [0, 0.1) is 0 Å². The zero-order valence-corrected chi connectivity index (χ0v) is 5.37. The van der Waals surface area contributed by atoms with Crippen LogP contribution in [0.1, 0.15) is 13.3 Å². The number of hydrogen-bond donors (Lipinski definition) is 3. The number of rotatable bonds is 3. The van der Waals surface area contributed by atoms with E-state index in [1.165, 1.54) is 0 Å². The topological polar surface area (TPSA) is 89.3 Å². The normalized spacial score (nSPS) is 15.1. The summed E-state index contributed by atoms with van der Waals surface area (Å²) in [4.78, 5) is 9.98. The van der Waals surface area contributed by atoms with E-state index in [2.05, 4.69) is 0 Å². The molecular formula is C5H13N2NaO2. The Hall–Kier alpha value is 0.390. The van der Waals surface area contributed by atoms with Gasteiger partial charge < -0.3 is 16.6 Å². The molecule has 0 saturated carbocycles. The van der Waals surface area contributed by atoms with Crippen molar-refractivity contribution in [1.82, 2.24) is 0 Å². The van der Waals surface area contributed by atoms with Gasteiger partial charge in [0.25, 0.3) is 0 Å². The Kier molecular flexibility index (Phi) is 7.97. The van der Waals surface area contributed by atoms with Crippen LogP contribution in [0.5, 0.6) is 0 Å². The average molecular weight is 156 g/mol. The first kappa shape index (κ1) is 13.0. The van der Waals surface area contributed by atoms with Crippen LogP contribution in [-0.2, 0) is 4.79 Å². The van der Waals surface area contributed by atoms with Gasteiger partial charge in [0.15, 0.2) is 0 Å². The molecule has 0 aliphatic rings. The third-order valence-corrected chi connectivity index (χ3v) is 1.09. The van der Waals surface area contributed by atoms with Gasteiger partial charge in [0.1, 0.15) is 0 Å². The molecule has 2 atom stereocenters. The molecule has 2 unspecified atom stereocenters. The van der Waals surface area contributed by atoms with Crippen molar-refractivity contribution >= 4 is 35.5 Å². The molecule has 0 fully saturated rings. The Morgan fingerprint density at radius 1 is 1.60 bits per heavy atom. The minimum absolute atomic E-state index is 0. The third kappa shape index (κ3) is 6.51. The van der Waals surface area contributed by atoms with E-state index in [0.717, 1.165) is 0 Å². The van der Waals surface area contributed by atoms with E-state index in [1.807, 2.05) is 0 Å². The van der Waals surface area contributed by atoms with Crippen LogP contribution < -0.4 is 11.5 Å². The summed E-state index contributed by atoms with van der Waals surface area (Å²) in [7, 11) is 0. The Balaban J connectivity index is 0. The van der Waals surface area contributed by atoms with Crippen LogP contribution in [0.15, 0.2) is 0 Å². The third-order valence-electron chi connectivity index (χ3n) is 1.09. The molecule has 5 heteroatoms. The Morgan fingerprint density at radius 2 is 2.00 bits per heavy atom. The number of nitrogens with two attached hydrogens (primary N) is 2. The van der Waals surface area contributed by atoms with Gasteiger partial charge in [0.2, 0.25) is 0 Å². The van der Waals surface area contributed by atoms with Crippen molar-refractivity contribution in [3.63, 3.8) is 0 Å². The van der Waals surface area contributed by atoms with E-state index in [-0.39, 0.29) is 42.0 Å². The van der Waals surface area contributed by atoms with Crippen LogP contribution in [0.2, 0.25) is 0 Å². The summed E-state index contributed by atoms with van der Waals surface area (Å²) in [6.07, 6.45) is -0.0579. The van der Waals surface area contributed by atoms with Gasteiger partial charge in [-0.3, -0.25) is 4.79 Å². The maximum absolute atomic E-state index is 9.98. The maximum atomic E-state index is 9.98. The first-order valence-electron chi connectivity index (χ1n) is 2.77. The fourth-order valence-electron chi connectivity index (χ4n) is 0.388. The molecule has 0 aliphatic heterocycles. The predicted molar refractivity (Wildman–Crippen MR) is 41.0 cm³/mol. The summed E-state index contributed by atoms with van der Waals surface area (Å²) in [5.74, 6) is -0.903. The number of carbonyl (C=O) groups is 1. The molecule has 0 radical (unpaired) electrons. The van der Waals surface area contributed by atoms with Gasteiger partial charge in [0, 0.05) is 12.1 Å². The zero-order chi connectivity index (χ0) is 7.44. The fraction of sp³-hybridized carbons (Fsp3) is 0.800. The quantitative estimate of drug-likeness (QED) is 0.433. The SMILES string of the molecule is CC(N)C(N)CC(=O)O.[NaH]. The van der Waals surface area contributed by atoms with Gasteiger partial charge in [-0.1, -0.05) is 0 Å². The standard InChI is InChI=1S/C5H12N2O2.Na.H/c1-3(6)4(7)2-5(8)9;;/h3-4H,2,6-7H2,1H3,(H,8,9);;. The summed E-state index contributed by atoms with van der Waals surface area (Å²) in [5, 5.41) is 8.20. The molecule has 5 N–H and O–H groups in total. The zero-order valence-electron chi connectivity index (χ0n) is 5.37. The van der Waals surface area contributed by atoms with E-state index in [1.54, 1.807) is 6.92 Å². The van der Waals surface area contributed by atoms with E-state index < -0.39 is 12.0 Å². The van der Waals surface area contributed by atoms with Crippen molar-refractivity contribution in [3.05, 3.63) is 0 Å². The van der Waals surface area contributed by atoms with Gasteiger partial charge in [-0.05, 0) is 6.92 Å². The predicted octanol–water partition coefficient (Wildman–Crippen LogP) is -1.51. The molecule has 0 bridgehead atoms. The molecule has 0 rings (SSSR count). The van der Waals surface area contributed by atoms with Crippen molar-refractivity contribution in [2.45, 2.75) is 25.4 Å². The van der Waals surface area contributed by atoms with Crippen molar-refractivity contribution in [2.75, 3.05) is 0 Å². The summed E-state index contributed by atoms with van der Waals surface area (Å²) < 4.78 is 0. The van der Waals surface area contributed by atoms with Crippen molar-refractivity contribution in [2.24, 2.45) is 11.5 Å². The molecule has 10 heavy (non-hydrogen) atoms. The average Bonchev–Trinajstić information content (AvgIpc) is 1.63. The Morgan fingerprint density at radius 3 is 2.10 bits per heavy atom. The Labute approximate surface area is 82.2 Å². The van der Waals surface area contributed by atoms with Gasteiger partial charge in [-0.15, -0.1) is 0 Å². The molecule has 0 aliphatic carbocycles. The van der Waals surface area contributed by atoms with Crippen LogP contribution in [0.4, 0.5) is 0 Å². The first-order chi connectivity index (χ1) is 4.04. The monoisotopic (exact) mass is 156 g/mol. The first-order valence-corrected chi connectivity index (χ1v) is 2.77. The molecule has 0 aromatic heterocycles. The van der Waals surface area contributed by atoms with Crippen LogP contribution >= 0.6 is 0 Å². The molecule has 0 aromatic rings. The van der Waals surface area contributed by atoms with Gasteiger partial charge in [-0.25, -0.2) is 0 Å². The van der Waals surface area contributed by atoms with Crippen LogP contribution in [0.25, 0.3) is 0 Å². The molecule has 0 aromatic carbocycles. The van der Waals surface area contributed by atoms with Crippen molar-refractivity contribution in [3.8, 4) is 0 Å². The molecule has 4 nitrogen and oxygen atoms in total. The minimum atomic E-state index is -0.903. The molecule has 0 amide bonds. The van der Waals surface area contributed by atoms with Gasteiger partial charge in [0.05, 0.1) is 6.42 Å². The van der Waals surface area contributed by atoms with E-state index in [4.69, 9.17) is 16.6 Å². The molecule has 56 valence electrons. The van der Waals surface area contributed by atoms with Gasteiger partial charge in [-0.2, -0.15) is 0 Å². The number of aliphatic carboxylic acids is 1. The number of carboxylic acids is 1. The fourth-order valence-corrected chi connectivity index (χ4v) is 0.388. The number of hydrogen-bond acceptors (Lipinski definition) is 3. The summed E-state index contributed by atoms with van der Waals surface area (Å²) in [6, 6.07) is -0.677. The van der Waals surface area contributed by atoms with E-state index in [9.17, 15) is 4.79 Å².